The lowest BCUT2D eigenvalue weighted by molar-refractivity contribution is -0.121. The normalized spacial score (nSPS) is 18.1. The van der Waals surface area contributed by atoms with Crippen LogP contribution in [0, 0.1) is 0 Å². The van der Waals surface area contributed by atoms with Gasteiger partial charge in [0, 0.05) is 22.7 Å². The van der Waals surface area contributed by atoms with E-state index in [-0.39, 0.29) is 36.5 Å². The van der Waals surface area contributed by atoms with E-state index in [9.17, 15) is 15.0 Å². The molecule has 0 saturated carbocycles. The lowest BCUT2D eigenvalue weighted by atomic mass is 9.99. The molecule has 1 amide bonds. The summed E-state index contributed by atoms with van der Waals surface area (Å²) < 4.78 is 5.51. The molecule has 2 heterocycles. The molecule has 2 aliphatic rings. The molecule has 190 valence electrons. The smallest absolute Gasteiger partial charge is 0.222 e. The monoisotopic (exact) mass is 519 g/mol. The summed E-state index contributed by atoms with van der Waals surface area (Å²) in [5.74, 6) is 0.640. The van der Waals surface area contributed by atoms with Gasteiger partial charge in [-0.25, -0.2) is 0 Å². The predicted octanol–water partition coefficient (Wildman–Crippen LogP) is 3.76. The van der Waals surface area contributed by atoms with Crippen molar-refractivity contribution in [2.24, 2.45) is 10.1 Å². The molecule has 4 N–H and O–H groups in total. The Morgan fingerprint density at radius 2 is 1.89 bits per heavy atom. The van der Waals surface area contributed by atoms with Crippen LogP contribution in [0.25, 0.3) is 0 Å². The number of amides is 1. The van der Waals surface area contributed by atoms with Gasteiger partial charge in [0.1, 0.15) is 18.0 Å². The van der Waals surface area contributed by atoms with Crippen molar-refractivity contribution in [3.63, 3.8) is 0 Å². The molecule has 10 heteroatoms. The number of methoxy groups -OCH3 is 1. The number of phenols is 2. The van der Waals surface area contributed by atoms with E-state index in [0.717, 1.165) is 16.8 Å². The Bertz CT molecular complexity index is 1410. The SMILES string of the molecule is COc1ccc2c(c1)C(c1ccc(Cl)cc1)=N[C@@H](CC(=O)NCc1ccc(O)c(O)c1)C1=NNC(C)N12. The van der Waals surface area contributed by atoms with Gasteiger partial charge in [-0.2, -0.15) is 5.10 Å². The van der Waals surface area contributed by atoms with Crippen LogP contribution in [0.4, 0.5) is 5.69 Å². The fourth-order valence-corrected chi connectivity index (χ4v) is 4.59. The second-order valence-electron chi connectivity index (χ2n) is 8.83. The van der Waals surface area contributed by atoms with Gasteiger partial charge in [0.2, 0.25) is 5.91 Å². The van der Waals surface area contributed by atoms with Crippen molar-refractivity contribution < 1.29 is 19.7 Å². The minimum absolute atomic E-state index is 0.0516. The van der Waals surface area contributed by atoms with Crippen LogP contribution >= 0.6 is 11.6 Å². The maximum Gasteiger partial charge on any atom is 0.222 e. The van der Waals surface area contributed by atoms with Gasteiger partial charge < -0.3 is 25.2 Å². The average Bonchev–Trinajstić information content (AvgIpc) is 3.22. The summed E-state index contributed by atoms with van der Waals surface area (Å²) in [6.07, 6.45) is -0.0943. The molecule has 2 atom stereocenters. The van der Waals surface area contributed by atoms with Crippen molar-refractivity contribution in [1.82, 2.24) is 10.7 Å². The first-order chi connectivity index (χ1) is 17.8. The fraction of sp³-hybridized carbons (Fsp3) is 0.222. The number of nitrogens with zero attached hydrogens (tertiary/aromatic N) is 3. The van der Waals surface area contributed by atoms with Gasteiger partial charge in [0.25, 0.3) is 0 Å². The van der Waals surface area contributed by atoms with Crippen LogP contribution in [-0.2, 0) is 11.3 Å². The number of anilines is 1. The Labute approximate surface area is 219 Å². The molecule has 0 saturated heterocycles. The van der Waals surface area contributed by atoms with Crippen molar-refractivity contribution in [2.45, 2.75) is 32.1 Å². The minimum Gasteiger partial charge on any atom is -0.504 e. The van der Waals surface area contributed by atoms with E-state index in [0.29, 0.717) is 27.9 Å². The summed E-state index contributed by atoms with van der Waals surface area (Å²) in [6, 6.07) is 17.1. The van der Waals surface area contributed by atoms with Crippen molar-refractivity contribution in [1.29, 1.82) is 0 Å². The molecular weight excluding hydrogens is 494 g/mol. The number of fused-ring (bicyclic) bond motifs is 3. The quantitative estimate of drug-likeness (QED) is 0.368. The zero-order valence-electron chi connectivity index (χ0n) is 20.3. The maximum atomic E-state index is 13.1. The summed E-state index contributed by atoms with van der Waals surface area (Å²) in [7, 11) is 1.62. The molecule has 0 aliphatic carbocycles. The number of carbonyl (C=O) groups is 1. The number of hydrogen-bond acceptors (Lipinski definition) is 8. The zero-order valence-corrected chi connectivity index (χ0v) is 21.0. The molecule has 0 radical (unpaired) electrons. The van der Waals surface area contributed by atoms with Gasteiger partial charge in [-0.05, 0) is 55.0 Å². The number of rotatable bonds is 6. The predicted molar refractivity (Wildman–Crippen MR) is 143 cm³/mol. The number of phenolic OH excluding ortho intramolecular Hbond substituents is 2. The van der Waals surface area contributed by atoms with Gasteiger partial charge in [-0.3, -0.25) is 15.2 Å². The number of nitrogens with one attached hydrogen (secondary N) is 2. The summed E-state index contributed by atoms with van der Waals surface area (Å²) in [6.45, 7) is 2.18. The molecule has 9 nitrogen and oxygen atoms in total. The molecule has 3 aromatic carbocycles. The van der Waals surface area contributed by atoms with Gasteiger partial charge >= 0.3 is 0 Å². The molecule has 5 rings (SSSR count). The standard InChI is InChI=1S/C27H26ClN5O4/c1-15-31-32-27-21(13-25(36)29-14-16-3-10-23(34)24(35)11-16)30-26(17-4-6-18(28)7-5-17)20-12-19(37-2)8-9-22(20)33(15)27/h3-12,15,21,31,34-35H,13-14H2,1-2H3,(H,29,36)/t15?,21-/m0/s1. The highest BCUT2D eigenvalue weighted by atomic mass is 35.5. The number of halogens is 1. The summed E-state index contributed by atoms with van der Waals surface area (Å²) in [5.41, 5.74) is 7.07. The molecule has 2 aliphatic heterocycles. The first kappa shape index (κ1) is 24.5. The van der Waals surface area contributed by atoms with Crippen LogP contribution in [0.2, 0.25) is 5.02 Å². The van der Waals surface area contributed by atoms with Crippen molar-refractivity contribution in [3.05, 3.63) is 82.4 Å². The third-order valence-corrected chi connectivity index (χ3v) is 6.58. The molecular formula is C27H26ClN5O4. The van der Waals surface area contributed by atoms with Crippen molar-refractivity contribution in [3.8, 4) is 17.2 Å². The van der Waals surface area contributed by atoms with Gasteiger partial charge in [-0.15, -0.1) is 0 Å². The topological polar surface area (TPSA) is 119 Å². The highest BCUT2D eigenvalue weighted by Crippen LogP contribution is 2.35. The number of aliphatic imine (C=N–C) groups is 1. The Balaban J connectivity index is 1.50. The highest BCUT2D eigenvalue weighted by molar-refractivity contribution is 6.31. The molecule has 3 aromatic rings. The Morgan fingerprint density at radius 1 is 1.11 bits per heavy atom. The number of carbonyl (C=O) groups excluding carboxylic acids is 1. The molecule has 0 spiro atoms. The lowest BCUT2D eigenvalue weighted by Gasteiger charge is -2.27. The minimum atomic E-state index is -0.574. The average molecular weight is 520 g/mol. The van der Waals surface area contributed by atoms with Crippen LogP contribution in [0.3, 0.4) is 0 Å². The first-order valence-electron chi connectivity index (χ1n) is 11.8. The molecule has 0 fully saturated rings. The number of hydrogen-bond donors (Lipinski definition) is 4. The van der Waals surface area contributed by atoms with Crippen LogP contribution < -0.4 is 20.4 Å². The highest BCUT2D eigenvalue weighted by Gasteiger charge is 2.37. The molecule has 1 unspecified atom stereocenters. The lowest BCUT2D eigenvalue weighted by Crippen LogP contribution is -2.43. The number of aromatic hydroxyl groups is 2. The number of ether oxygens (including phenoxy) is 1. The summed E-state index contributed by atoms with van der Waals surface area (Å²) in [4.78, 5) is 20.2. The van der Waals surface area contributed by atoms with E-state index in [1.807, 2.05) is 49.4 Å². The second-order valence-corrected chi connectivity index (χ2v) is 9.27. The molecule has 0 bridgehead atoms. The molecule has 37 heavy (non-hydrogen) atoms. The first-order valence-corrected chi connectivity index (χ1v) is 12.1. The van der Waals surface area contributed by atoms with Crippen LogP contribution in [-0.4, -0.2) is 47.0 Å². The maximum absolute atomic E-state index is 13.1. The number of amidine groups is 1. The van der Waals surface area contributed by atoms with Crippen LogP contribution in [0.15, 0.2) is 70.8 Å². The fourth-order valence-electron chi connectivity index (χ4n) is 4.46. The van der Waals surface area contributed by atoms with E-state index in [1.54, 1.807) is 13.2 Å². The number of benzene rings is 3. The zero-order chi connectivity index (χ0) is 26.1. The number of hydrazone groups is 1. The van der Waals surface area contributed by atoms with E-state index in [4.69, 9.17) is 21.3 Å². The second kappa shape index (κ2) is 10.0. The third kappa shape index (κ3) is 4.90. The van der Waals surface area contributed by atoms with Crippen molar-refractivity contribution >= 4 is 34.7 Å². The largest absolute Gasteiger partial charge is 0.504 e. The Morgan fingerprint density at radius 3 is 2.62 bits per heavy atom. The van der Waals surface area contributed by atoms with Crippen LogP contribution in [0.5, 0.6) is 17.2 Å². The van der Waals surface area contributed by atoms with Gasteiger partial charge in [0.05, 0.1) is 24.9 Å². The molecule has 0 aromatic heterocycles. The van der Waals surface area contributed by atoms with E-state index in [1.165, 1.54) is 12.1 Å². The van der Waals surface area contributed by atoms with E-state index < -0.39 is 6.04 Å². The van der Waals surface area contributed by atoms with Crippen molar-refractivity contribution in [2.75, 3.05) is 12.0 Å². The Hall–Kier alpha value is -4.24. The third-order valence-electron chi connectivity index (χ3n) is 6.33. The van der Waals surface area contributed by atoms with Crippen LogP contribution in [0.1, 0.15) is 30.0 Å². The van der Waals surface area contributed by atoms with Gasteiger partial charge in [-0.1, -0.05) is 29.8 Å². The van der Waals surface area contributed by atoms with E-state index in [2.05, 4.69) is 20.7 Å². The van der Waals surface area contributed by atoms with E-state index >= 15 is 0 Å². The summed E-state index contributed by atoms with van der Waals surface area (Å²) in [5, 5.41) is 27.3. The summed E-state index contributed by atoms with van der Waals surface area (Å²) >= 11 is 6.15. The Kier molecular flexibility index (Phi) is 6.62. The van der Waals surface area contributed by atoms with Gasteiger partial charge in [0.15, 0.2) is 17.3 Å².